The van der Waals surface area contributed by atoms with E-state index in [-0.39, 0.29) is 18.7 Å². The molecule has 0 rings (SSSR count). The van der Waals surface area contributed by atoms with Crippen molar-refractivity contribution in [3.8, 4) is 0 Å². The molecule has 0 aromatic heterocycles. The number of rotatable bonds is 17. The number of aliphatic hydroxyl groups excluding tert-OH is 2. The maximum Gasteiger partial charge on any atom is 0.305 e. The molecule has 25 heavy (non-hydrogen) atoms. The van der Waals surface area contributed by atoms with E-state index in [0.717, 1.165) is 51.4 Å². The Morgan fingerprint density at radius 1 is 0.960 bits per heavy atom. The van der Waals surface area contributed by atoms with E-state index in [2.05, 4.69) is 19.1 Å². The second kappa shape index (κ2) is 17.9. The molecule has 0 aromatic rings. The highest BCUT2D eigenvalue weighted by Gasteiger charge is 2.04. The Morgan fingerprint density at radius 2 is 1.64 bits per heavy atom. The molecule has 148 valence electrons. The molecular weight excluding hydrogens is 316 g/mol. The fourth-order valence-electron chi connectivity index (χ4n) is 2.64. The van der Waals surface area contributed by atoms with Gasteiger partial charge in [-0.25, -0.2) is 0 Å². The van der Waals surface area contributed by atoms with E-state index >= 15 is 0 Å². The highest BCUT2D eigenvalue weighted by molar-refractivity contribution is 5.69. The van der Waals surface area contributed by atoms with Gasteiger partial charge in [0.05, 0.1) is 12.2 Å². The zero-order chi connectivity index (χ0) is 18.8. The molecule has 0 fully saturated rings. The summed E-state index contributed by atoms with van der Waals surface area (Å²) in [6.45, 7) is 3.90. The van der Waals surface area contributed by atoms with Gasteiger partial charge in [0.2, 0.25) is 0 Å². The molecule has 0 spiro atoms. The topological polar surface area (TPSA) is 66.8 Å². The van der Waals surface area contributed by atoms with E-state index in [1.807, 2.05) is 0 Å². The van der Waals surface area contributed by atoms with E-state index < -0.39 is 6.10 Å². The molecule has 0 saturated heterocycles. The third-order valence-electron chi connectivity index (χ3n) is 4.20. The molecule has 4 heteroatoms. The third-order valence-corrected chi connectivity index (χ3v) is 4.20. The monoisotopic (exact) mass is 356 g/mol. The number of aliphatic hydroxyl groups is 2. The van der Waals surface area contributed by atoms with Crippen LogP contribution in [0.2, 0.25) is 0 Å². The van der Waals surface area contributed by atoms with Crippen molar-refractivity contribution in [2.45, 2.75) is 110 Å². The number of unbranched alkanes of at least 4 members (excludes halogenated alkanes) is 8. The Bertz CT molecular complexity index is 326. The van der Waals surface area contributed by atoms with E-state index in [1.54, 1.807) is 6.92 Å². The van der Waals surface area contributed by atoms with Gasteiger partial charge >= 0.3 is 5.97 Å². The standard InChI is InChI=1S/C21H40O4/c1-3-4-5-12-15-20(23)16-13-10-8-6-7-9-11-14-17-21(24)25-18-19(2)22/h10,13,19-20,22-23H,3-9,11-12,14-18H2,1-2H3/t19?,20-/m1/s1. The summed E-state index contributed by atoms with van der Waals surface area (Å²) in [5, 5.41) is 18.9. The number of carbonyl (C=O) groups is 1. The molecule has 0 amide bonds. The summed E-state index contributed by atoms with van der Waals surface area (Å²) in [4.78, 5) is 11.3. The molecule has 0 aliphatic heterocycles. The number of carbonyl (C=O) groups excluding carboxylic acids is 1. The Morgan fingerprint density at radius 3 is 2.36 bits per heavy atom. The maximum atomic E-state index is 11.3. The first kappa shape index (κ1) is 24.1. The molecule has 0 bridgehead atoms. The van der Waals surface area contributed by atoms with Gasteiger partial charge in [-0.05, 0) is 39.0 Å². The van der Waals surface area contributed by atoms with Crippen molar-refractivity contribution in [2.75, 3.05) is 6.61 Å². The second-order valence-electron chi connectivity index (χ2n) is 7.05. The molecular formula is C21H40O4. The van der Waals surface area contributed by atoms with Gasteiger partial charge in [0.1, 0.15) is 6.61 Å². The Kier molecular flexibility index (Phi) is 17.3. The van der Waals surface area contributed by atoms with Crippen molar-refractivity contribution in [3.63, 3.8) is 0 Å². The lowest BCUT2D eigenvalue weighted by molar-refractivity contribution is -0.146. The lowest BCUT2D eigenvalue weighted by Crippen LogP contribution is -2.14. The van der Waals surface area contributed by atoms with Crippen LogP contribution in [0.25, 0.3) is 0 Å². The van der Waals surface area contributed by atoms with E-state index in [4.69, 9.17) is 9.84 Å². The zero-order valence-corrected chi connectivity index (χ0v) is 16.4. The third kappa shape index (κ3) is 19.3. The number of esters is 1. The molecule has 0 heterocycles. The molecule has 0 radical (unpaired) electrons. The largest absolute Gasteiger partial charge is 0.463 e. The average Bonchev–Trinajstić information content (AvgIpc) is 2.58. The SMILES string of the molecule is CCCCCC[C@@H](O)CC=CCCCCCCCC(=O)OCC(C)O. The predicted octanol–water partition coefficient (Wildman–Crippen LogP) is 4.92. The van der Waals surface area contributed by atoms with Crippen LogP contribution in [0.4, 0.5) is 0 Å². The molecule has 2 N–H and O–H groups in total. The highest BCUT2D eigenvalue weighted by atomic mass is 16.5. The zero-order valence-electron chi connectivity index (χ0n) is 16.4. The molecule has 0 aliphatic rings. The summed E-state index contributed by atoms with van der Waals surface area (Å²) >= 11 is 0. The van der Waals surface area contributed by atoms with Crippen molar-refractivity contribution < 1.29 is 19.7 Å². The Hall–Kier alpha value is -0.870. The van der Waals surface area contributed by atoms with Crippen LogP contribution in [0.15, 0.2) is 12.2 Å². The first-order chi connectivity index (χ1) is 12.1. The first-order valence-corrected chi connectivity index (χ1v) is 10.2. The van der Waals surface area contributed by atoms with Gasteiger partial charge in [-0.1, -0.05) is 64.0 Å². The number of ether oxygens (including phenoxy) is 1. The second-order valence-corrected chi connectivity index (χ2v) is 7.05. The van der Waals surface area contributed by atoms with E-state index in [0.29, 0.717) is 6.42 Å². The minimum atomic E-state index is -0.584. The molecule has 0 aromatic carbocycles. The Labute approximate surface area is 154 Å². The van der Waals surface area contributed by atoms with Gasteiger partial charge < -0.3 is 14.9 Å². The van der Waals surface area contributed by atoms with Gasteiger partial charge in [-0.2, -0.15) is 0 Å². The number of hydrogen-bond donors (Lipinski definition) is 2. The van der Waals surface area contributed by atoms with Crippen LogP contribution in [-0.4, -0.2) is 35.0 Å². The average molecular weight is 357 g/mol. The minimum absolute atomic E-state index is 0.0958. The molecule has 0 saturated carbocycles. The van der Waals surface area contributed by atoms with Crippen molar-refractivity contribution in [2.24, 2.45) is 0 Å². The number of allylic oxidation sites excluding steroid dienone is 1. The highest BCUT2D eigenvalue weighted by Crippen LogP contribution is 2.10. The van der Waals surface area contributed by atoms with Gasteiger partial charge in [-0.15, -0.1) is 0 Å². The smallest absolute Gasteiger partial charge is 0.305 e. The molecule has 0 aliphatic carbocycles. The van der Waals surface area contributed by atoms with Crippen LogP contribution in [0.5, 0.6) is 0 Å². The number of hydrogen-bond acceptors (Lipinski definition) is 4. The quantitative estimate of drug-likeness (QED) is 0.220. The normalized spacial score (nSPS) is 13.9. The van der Waals surface area contributed by atoms with Crippen LogP contribution < -0.4 is 0 Å². The Balaban J connectivity index is 3.33. The minimum Gasteiger partial charge on any atom is -0.463 e. The van der Waals surface area contributed by atoms with Gasteiger partial charge in [-0.3, -0.25) is 4.79 Å². The van der Waals surface area contributed by atoms with Crippen LogP contribution in [-0.2, 0) is 9.53 Å². The van der Waals surface area contributed by atoms with Crippen LogP contribution in [0, 0.1) is 0 Å². The summed E-state index contributed by atoms with van der Waals surface area (Å²) in [6, 6.07) is 0. The summed E-state index contributed by atoms with van der Waals surface area (Å²) in [6.07, 6.45) is 17.0. The van der Waals surface area contributed by atoms with Crippen molar-refractivity contribution >= 4 is 5.97 Å². The molecule has 2 atom stereocenters. The van der Waals surface area contributed by atoms with Gasteiger partial charge in [0.25, 0.3) is 0 Å². The van der Waals surface area contributed by atoms with Crippen molar-refractivity contribution in [1.82, 2.24) is 0 Å². The van der Waals surface area contributed by atoms with E-state index in [1.165, 1.54) is 25.7 Å². The maximum absolute atomic E-state index is 11.3. The van der Waals surface area contributed by atoms with Crippen LogP contribution in [0.1, 0.15) is 97.3 Å². The molecule has 4 nitrogen and oxygen atoms in total. The van der Waals surface area contributed by atoms with Gasteiger partial charge in [0.15, 0.2) is 0 Å². The summed E-state index contributed by atoms with van der Waals surface area (Å²) in [5.74, 6) is -0.211. The lowest BCUT2D eigenvalue weighted by Gasteiger charge is -2.07. The van der Waals surface area contributed by atoms with Crippen LogP contribution >= 0.6 is 0 Å². The van der Waals surface area contributed by atoms with Gasteiger partial charge in [0, 0.05) is 6.42 Å². The summed E-state index contributed by atoms with van der Waals surface area (Å²) < 4.78 is 4.91. The van der Waals surface area contributed by atoms with Crippen molar-refractivity contribution in [1.29, 1.82) is 0 Å². The summed E-state index contributed by atoms with van der Waals surface area (Å²) in [7, 11) is 0. The van der Waals surface area contributed by atoms with Crippen molar-refractivity contribution in [3.05, 3.63) is 12.2 Å². The fourth-order valence-corrected chi connectivity index (χ4v) is 2.64. The molecule has 1 unspecified atom stereocenters. The van der Waals surface area contributed by atoms with Crippen LogP contribution in [0.3, 0.4) is 0 Å². The predicted molar refractivity (Wildman–Crippen MR) is 103 cm³/mol. The summed E-state index contributed by atoms with van der Waals surface area (Å²) in [5.41, 5.74) is 0. The van der Waals surface area contributed by atoms with E-state index in [9.17, 15) is 9.90 Å². The lowest BCUT2D eigenvalue weighted by atomic mass is 10.1. The fraction of sp³-hybridized carbons (Fsp3) is 0.857. The first-order valence-electron chi connectivity index (χ1n) is 10.2.